The second kappa shape index (κ2) is 4.46. The molecular weight excluding hydrogens is 269 g/mol. The molecule has 1 nitrogen and oxygen atoms in total. The smallest absolute Gasteiger partial charge is 0.141 e. The van der Waals surface area contributed by atoms with E-state index in [4.69, 9.17) is 5.26 Å². The van der Waals surface area contributed by atoms with Crippen molar-refractivity contribution in [3.8, 4) is 17.2 Å². The Hall–Kier alpha value is -1.66. The molecule has 0 aliphatic heterocycles. The predicted octanol–water partition coefficient (Wildman–Crippen LogP) is 4.13. The topological polar surface area (TPSA) is 23.8 Å². The van der Waals surface area contributed by atoms with E-state index in [2.05, 4.69) is 15.9 Å². The SMILES string of the molecule is N#Cc1c(F)cccc1-c1ccc(Br)cc1. The lowest BCUT2D eigenvalue weighted by molar-refractivity contribution is 0.624. The highest BCUT2D eigenvalue weighted by Gasteiger charge is 2.08. The Balaban J connectivity index is 2.61. The fraction of sp³-hybridized carbons (Fsp3) is 0. The van der Waals surface area contributed by atoms with Crippen molar-refractivity contribution in [3.05, 3.63) is 58.3 Å². The molecule has 2 aromatic carbocycles. The van der Waals surface area contributed by atoms with Crippen molar-refractivity contribution in [2.24, 2.45) is 0 Å². The zero-order chi connectivity index (χ0) is 11.5. The number of nitrogens with zero attached hydrogens (tertiary/aromatic N) is 1. The maximum Gasteiger partial charge on any atom is 0.141 e. The lowest BCUT2D eigenvalue weighted by Crippen LogP contribution is -1.88. The molecule has 0 saturated carbocycles. The van der Waals surface area contributed by atoms with Crippen LogP contribution < -0.4 is 0 Å². The number of hydrogen-bond donors (Lipinski definition) is 0. The van der Waals surface area contributed by atoms with Crippen LogP contribution in [0, 0.1) is 17.1 Å². The van der Waals surface area contributed by atoms with E-state index in [0.717, 1.165) is 10.0 Å². The van der Waals surface area contributed by atoms with E-state index in [0.29, 0.717) is 5.56 Å². The summed E-state index contributed by atoms with van der Waals surface area (Å²) in [5.41, 5.74) is 1.54. The van der Waals surface area contributed by atoms with Crippen molar-refractivity contribution in [2.75, 3.05) is 0 Å². The van der Waals surface area contributed by atoms with Crippen LogP contribution in [-0.4, -0.2) is 0 Å². The van der Waals surface area contributed by atoms with E-state index >= 15 is 0 Å². The quantitative estimate of drug-likeness (QED) is 0.768. The fourth-order valence-electron chi connectivity index (χ4n) is 1.51. The summed E-state index contributed by atoms with van der Waals surface area (Å²) < 4.78 is 14.3. The van der Waals surface area contributed by atoms with Gasteiger partial charge in [0.25, 0.3) is 0 Å². The molecule has 2 aromatic rings. The van der Waals surface area contributed by atoms with Gasteiger partial charge in [-0.05, 0) is 23.8 Å². The zero-order valence-corrected chi connectivity index (χ0v) is 9.83. The molecule has 0 unspecified atom stereocenters. The summed E-state index contributed by atoms with van der Waals surface area (Å²) in [5.74, 6) is -0.483. The second-order valence-corrected chi connectivity index (χ2v) is 4.20. The van der Waals surface area contributed by atoms with Gasteiger partial charge in [0, 0.05) is 10.0 Å². The minimum Gasteiger partial charge on any atom is -0.206 e. The molecule has 0 amide bonds. The van der Waals surface area contributed by atoms with Gasteiger partial charge < -0.3 is 0 Å². The van der Waals surface area contributed by atoms with E-state index < -0.39 is 5.82 Å². The molecule has 0 aromatic heterocycles. The second-order valence-electron chi connectivity index (χ2n) is 3.28. The highest BCUT2D eigenvalue weighted by atomic mass is 79.9. The highest BCUT2D eigenvalue weighted by Crippen LogP contribution is 2.26. The van der Waals surface area contributed by atoms with Gasteiger partial charge in [0.2, 0.25) is 0 Å². The highest BCUT2D eigenvalue weighted by molar-refractivity contribution is 9.10. The molecule has 2 rings (SSSR count). The van der Waals surface area contributed by atoms with Crippen LogP contribution in [0.4, 0.5) is 4.39 Å². The van der Waals surface area contributed by atoms with Gasteiger partial charge in [0.05, 0.1) is 5.56 Å². The summed E-state index contributed by atoms with van der Waals surface area (Å²) >= 11 is 3.33. The van der Waals surface area contributed by atoms with Gasteiger partial charge in [-0.2, -0.15) is 5.26 Å². The molecule has 0 saturated heterocycles. The van der Waals surface area contributed by atoms with Crippen LogP contribution in [0.1, 0.15) is 5.56 Å². The Bertz CT molecular complexity index is 555. The fourth-order valence-corrected chi connectivity index (χ4v) is 1.77. The standard InChI is InChI=1S/C13H7BrFN/c14-10-6-4-9(5-7-10)11-2-1-3-13(15)12(11)8-16/h1-7H. The summed E-state index contributed by atoms with van der Waals surface area (Å²) in [4.78, 5) is 0. The Morgan fingerprint density at radius 3 is 2.38 bits per heavy atom. The van der Waals surface area contributed by atoms with Crippen molar-refractivity contribution in [1.82, 2.24) is 0 Å². The van der Waals surface area contributed by atoms with E-state index in [9.17, 15) is 4.39 Å². The summed E-state index contributed by atoms with van der Waals surface area (Å²) in [6.07, 6.45) is 0. The number of benzene rings is 2. The van der Waals surface area contributed by atoms with E-state index in [1.807, 2.05) is 30.3 Å². The molecule has 0 fully saturated rings. The van der Waals surface area contributed by atoms with Crippen molar-refractivity contribution in [2.45, 2.75) is 0 Å². The molecule has 0 spiro atoms. The van der Waals surface area contributed by atoms with Crippen molar-refractivity contribution in [1.29, 1.82) is 5.26 Å². The maximum atomic E-state index is 13.4. The van der Waals surface area contributed by atoms with Gasteiger partial charge in [-0.3, -0.25) is 0 Å². The summed E-state index contributed by atoms with van der Waals surface area (Å²) in [6.45, 7) is 0. The predicted molar refractivity (Wildman–Crippen MR) is 64.3 cm³/mol. The monoisotopic (exact) mass is 275 g/mol. The molecule has 0 radical (unpaired) electrons. The van der Waals surface area contributed by atoms with Gasteiger partial charge in [-0.25, -0.2) is 4.39 Å². The summed E-state index contributed by atoms with van der Waals surface area (Å²) in [7, 11) is 0. The molecule has 0 bridgehead atoms. The Morgan fingerprint density at radius 1 is 1.06 bits per heavy atom. The molecule has 0 heterocycles. The van der Waals surface area contributed by atoms with E-state index in [1.54, 1.807) is 12.1 Å². The molecule has 0 aliphatic carbocycles. The molecule has 78 valence electrons. The third kappa shape index (κ3) is 1.98. The first-order chi connectivity index (χ1) is 7.72. The normalized spacial score (nSPS) is 9.81. The van der Waals surface area contributed by atoms with E-state index in [1.165, 1.54) is 6.07 Å². The van der Waals surface area contributed by atoms with Crippen molar-refractivity contribution in [3.63, 3.8) is 0 Å². The molecule has 3 heteroatoms. The molecule has 16 heavy (non-hydrogen) atoms. The lowest BCUT2D eigenvalue weighted by Gasteiger charge is -2.04. The van der Waals surface area contributed by atoms with Crippen LogP contribution in [-0.2, 0) is 0 Å². The van der Waals surface area contributed by atoms with Crippen LogP contribution in [0.5, 0.6) is 0 Å². The first-order valence-corrected chi connectivity index (χ1v) is 5.46. The number of nitriles is 1. The van der Waals surface area contributed by atoms with Gasteiger partial charge in [0.15, 0.2) is 0 Å². The molecule has 0 aliphatic rings. The van der Waals surface area contributed by atoms with Crippen LogP contribution in [0.3, 0.4) is 0 Å². The third-order valence-corrected chi connectivity index (χ3v) is 2.81. The minimum atomic E-state index is -0.483. The maximum absolute atomic E-state index is 13.4. The third-order valence-electron chi connectivity index (χ3n) is 2.28. The van der Waals surface area contributed by atoms with Crippen LogP contribution in [0.15, 0.2) is 46.9 Å². The van der Waals surface area contributed by atoms with Gasteiger partial charge >= 0.3 is 0 Å². The van der Waals surface area contributed by atoms with Crippen LogP contribution in [0.25, 0.3) is 11.1 Å². The van der Waals surface area contributed by atoms with Gasteiger partial charge in [-0.1, -0.05) is 40.2 Å². The summed E-state index contributed by atoms with van der Waals surface area (Å²) in [6, 6.07) is 13.9. The number of rotatable bonds is 1. The first-order valence-electron chi connectivity index (χ1n) is 4.67. The zero-order valence-electron chi connectivity index (χ0n) is 8.24. The lowest BCUT2D eigenvalue weighted by atomic mass is 10.0. The first kappa shape index (κ1) is 10.8. The van der Waals surface area contributed by atoms with Crippen molar-refractivity contribution >= 4 is 15.9 Å². The average Bonchev–Trinajstić information content (AvgIpc) is 2.30. The van der Waals surface area contributed by atoms with Crippen molar-refractivity contribution < 1.29 is 4.39 Å². The molecular formula is C13H7BrFN. The Kier molecular flexibility index (Phi) is 3.02. The van der Waals surface area contributed by atoms with Gasteiger partial charge in [0.1, 0.15) is 11.9 Å². The largest absolute Gasteiger partial charge is 0.206 e. The number of halogens is 2. The van der Waals surface area contributed by atoms with Crippen LogP contribution in [0.2, 0.25) is 0 Å². The Labute approximate surface area is 101 Å². The molecule has 0 atom stereocenters. The van der Waals surface area contributed by atoms with E-state index in [-0.39, 0.29) is 5.56 Å². The van der Waals surface area contributed by atoms with Gasteiger partial charge in [-0.15, -0.1) is 0 Å². The minimum absolute atomic E-state index is 0.0878. The molecule has 0 N–H and O–H groups in total. The Morgan fingerprint density at radius 2 is 1.75 bits per heavy atom. The average molecular weight is 276 g/mol. The van der Waals surface area contributed by atoms with Crippen LogP contribution >= 0.6 is 15.9 Å². The summed E-state index contributed by atoms with van der Waals surface area (Å²) in [5, 5.41) is 8.92. The number of hydrogen-bond acceptors (Lipinski definition) is 1.